The number of benzene rings is 2. The predicted octanol–water partition coefficient (Wildman–Crippen LogP) is 4.16. The Morgan fingerprint density at radius 1 is 1.00 bits per heavy atom. The van der Waals surface area contributed by atoms with Crippen LogP contribution in [0.5, 0.6) is 0 Å². The van der Waals surface area contributed by atoms with E-state index in [1.54, 1.807) is 0 Å². The monoisotopic (exact) mass is 364 g/mol. The smallest absolute Gasteiger partial charge is 0.0917 e. The molecule has 0 radical (unpaired) electrons. The van der Waals surface area contributed by atoms with Crippen molar-refractivity contribution in [3.63, 3.8) is 0 Å². The third-order valence-corrected chi connectivity index (χ3v) is 5.02. The fourth-order valence-electron chi connectivity index (χ4n) is 3.16. The molecule has 3 nitrogen and oxygen atoms in total. The van der Waals surface area contributed by atoms with E-state index in [-0.39, 0.29) is 0 Å². The first-order chi connectivity index (χ1) is 11.5. The molecular formula is C19H22Cl2N2O. The van der Waals surface area contributed by atoms with Crippen molar-refractivity contribution in [3.05, 3.63) is 63.6 Å². The average molecular weight is 365 g/mol. The summed E-state index contributed by atoms with van der Waals surface area (Å²) in [4.78, 5) is 4.66. The maximum Gasteiger partial charge on any atom is 0.0917 e. The van der Waals surface area contributed by atoms with Gasteiger partial charge in [0.05, 0.1) is 6.10 Å². The van der Waals surface area contributed by atoms with Crippen LogP contribution in [0.2, 0.25) is 10.0 Å². The van der Waals surface area contributed by atoms with E-state index >= 15 is 0 Å². The first kappa shape index (κ1) is 17.6. The van der Waals surface area contributed by atoms with Gasteiger partial charge in [0.1, 0.15) is 0 Å². The Morgan fingerprint density at radius 3 is 2.42 bits per heavy atom. The SMILES string of the molecule is Cc1ccc(Cl)cc1N1CCN(CC(O)c2cccc(Cl)c2)CC1. The summed E-state index contributed by atoms with van der Waals surface area (Å²) in [6.45, 7) is 6.45. The molecule has 0 spiro atoms. The molecule has 0 aromatic heterocycles. The minimum Gasteiger partial charge on any atom is -0.387 e. The van der Waals surface area contributed by atoms with Crippen LogP contribution in [0.15, 0.2) is 42.5 Å². The summed E-state index contributed by atoms with van der Waals surface area (Å²) in [5, 5.41) is 11.9. The topological polar surface area (TPSA) is 26.7 Å². The summed E-state index contributed by atoms with van der Waals surface area (Å²) < 4.78 is 0. The molecule has 3 rings (SSSR count). The van der Waals surface area contributed by atoms with Gasteiger partial charge in [-0.1, -0.05) is 41.4 Å². The van der Waals surface area contributed by atoms with Crippen molar-refractivity contribution in [1.82, 2.24) is 4.90 Å². The molecule has 1 unspecified atom stereocenters. The molecule has 128 valence electrons. The number of aryl methyl sites for hydroxylation is 1. The van der Waals surface area contributed by atoms with Gasteiger partial charge in [0.25, 0.3) is 0 Å². The third-order valence-electron chi connectivity index (χ3n) is 4.55. The molecule has 0 bridgehead atoms. The van der Waals surface area contributed by atoms with Crippen molar-refractivity contribution in [2.75, 3.05) is 37.6 Å². The van der Waals surface area contributed by atoms with Gasteiger partial charge >= 0.3 is 0 Å². The molecule has 1 heterocycles. The lowest BCUT2D eigenvalue weighted by atomic mass is 10.1. The Hall–Kier alpha value is -1.26. The van der Waals surface area contributed by atoms with E-state index < -0.39 is 6.10 Å². The minimum absolute atomic E-state index is 0.511. The zero-order chi connectivity index (χ0) is 17.1. The van der Waals surface area contributed by atoms with Crippen LogP contribution in [0.25, 0.3) is 0 Å². The fraction of sp³-hybridized carbons (Fsp3) is 0.368. The summed E-state index contributed by atoms with van der Waals surface area (Å²) >= 11 is 12.1. The summed E-state index contributed by atoms with van der Waals surface area (Å²) in [6, 6.07) is 13.5. The number of rotatable bonds is 4. The van der Waals surface area contributed by atoms with Crippen LogP contribution < -0.4 is 4.90 Å². The molecule has 1 atom stereocenters. The van der Waals surface area contributed by atoms with Crippen LogP contribution in [0.1, 0.15) is 17.2 Å². The summed E-state index contributed by atoms with van der Waals surface area (Å²) in [7, 11) is 0. The van der Waals surface area contributed by atoms with E-state index in [1.165, 1.54) is 11.3 Å². The molecule has 1 aliphatic heterocycles. The van der Waals surface area contributed by atoms with Crippen LogP contribution in [0.3, 0.4) is 0 Å². The van der Waals surface area contributed by atoms with Gasteiger partial charge in [0.15, 0.2) is 0 Å². The van der Waals surface area contributed by atoms with Gasteiger partial charge in [0.2, 0.25) is 0 Å². The van der Waals surface area contributed by atoms with Gasteiger partial charge < -0.3 is 10.0 Å². The number of β-amino-alcohol motifs (C(OH)–C–C–N with tert-alkyl or cyclic N) is 1. The molecule has 5 heteroatoms. The number of piperazine rings is 1. The molecule has 24 heavy (non-hydrogen) atoms. The van der Waals surface area contributed by atoms with Gasteiger partial charge in [0, 0.05) is 48.5 Å². The quantitative estimate of drug-likeness (QED) is 0.882. The van der Waals surface area contributed by atoms with E-state index in [4.69, 9.17) is 23.2 Å². The van der Waals surface area contributed by atoms with E-state index in [0.717, 1.165) is 36.8 Å². The van der Waals surface area contributed by atoms with Crippen LogP contribution >= 0.6 is 23.2 Å². The second-order valence-electron chi connectivity index (χ2n) is 6.29. The Kier molecular flexibility index (Phi) is 5.67. The van der Waals surface area contributed by atoms with Gasteiger partial charge in [-0.05, 0) is 42.3 Å². The zero-order valence-electron chi connectivity index (χ0n) is 13.8. The van der Waals surface area contributed by atoms with Crippen molar-refractivity contribution < 1.29 is 5.11 Å². The second-order valence-corrected chi connectivity index (χ2v) is 7.16. The first-order valence-corrected chi connectivity index (χ1v) is 8.95. The van der Waals surface area contributed by atoms with Crippen molar-refractivity contribution in [1.29, 1.82) is 0 Å². The summed E-state index contributed by atoms with van der Waals surface area (Å²) in [5.74, 6) is 0. The standard InChI is InChI=1S/C19H22Cl2N2O/c1-14-5-6-17(21)12-18(14)23-9-7-22(8-10-23)13-19(24)15-3-2-4-16(20)11-15/h2-6,11-12,19,24H,7-10,13H2,1H3. The molecule has 0 amide bonds. The highest BCUT2D eigenvalue weighted by Crippen LogP contribution is 2.26. The van der Waals surface area contributed by atoms with Crippen LogP contribution in [0, 0.1) is 6.92 Å². The number of hydrogen-bond acceptors (Lipinski definition) is 3. The summed E-state index contributed by atoms with van der Waals surface area (Å²) in [5.41, 5.74) is 3.32. The van der Waals surface area contributed by atoms with Gasteiger partial charge in [-0.15, -0.1) is 0 Å². The van der Waals surface area contributed by atoms with Crippen molar-refractivity contribution in [2.24, 2.45) is 0 Å². The van der Waals surface area contributed by atoms with Crippen LogP contribution in [-0.2, 0) is 0 Å². The lowest BCUT2D eigenvalue weighted by Crippen LogP contribution is -2.47. The van der Waals surface area contributed by atoms with Crippen LogP contribution in [0.4, 0.5) is 5.69 Å². The highest BCUT2D eigenvalue weighted by atomic mass is 35.5. The lowest BCUT2D eigenvalue weighted by molar-refractivity contribution is 0.109. The summed E-state index contributed by atoms with van der Waals surface area (Å²) in [6.07, 6.45) is -0.511. The number of anilines is 1. The maximum absolute atomic E-state index is 10.4. The highest BCUT2D eigenvalue weighted by Gasteiger charge is 2.21. The average Bonchev–Trinajstić information content (AvgIpc) is 2.58. The van der Waals surface area contributed by atoms with Gasteiger partial charge in [-0.3, -0.25) is 4.90 Å². The lowest BCUT2D eigenvalue weighted by Gasteiger charge is -2.37. The number of aliphatic hydroxyl groups is 1. The van der Waals surface area contributed by atoms with Gasteiger partial charge in [-0.2, -0.15) is 0 Å². The molecule has 2 aromatic rings. The Morgan fingerprint density at radius 2 is 1.71 bits per heavy atom. The molecule has 2 aromatic carbocycles. The second kappa shape index (κ2) is 7.75. The predicted molar refractivity (Wildman–Crippen MR) is 101 cm³/mol. The van der Waals surface area contributed by atoms with E-state index in [9.17, 15) is 5.11 Å². The normalized spacial score (nSPS) is 17.1. The number of aliphatic hydroxyl groups excluding tert-OH is 1. The number of hydrogen-bond donors (Lipinski definition) is 1. The largest absolute Gasteiger partial charge is 0.387 e. The molecule has 1 N–H and O–H groups in total. The maximum atomic E-state index is 10.4. The first-order valence-electron chi connectivity index (χ1n) is 8.20. The van der Waals surface area contributed by atoms with Crippen LogP contribution in [-0.4, -0.2) is 42.7 Å². The minimum atomic E-state index is -0.511. The zero-order valence-corrected chi connectivity index (χ0v) is 15.3. The van der Waals surface area contributed by atoms with E-state index in [1.807, 2.05) is 36.4 Å². The Bertz CT molecular complexity index is 700. The highest BCUT2D eigenvalue weighted by molar-refractivity contribution is 6.31. The molecule has 1 fully saturated rings. The van der Waals surface area contributed by atoms with E-state index in [0.29, 0.717) is 11.6 Å². The number of halogens is 2. The van der Waals surface area contributed by atoms with E-state index in [2.05, 4.69) is 22.8 Å². The molecule has 1 aliphatic rings. The third kappa shape index (κ3) is 4.22. The molecule has 0 aliphatic carbocycles. The Balaban J connectivity index is 1.58. The van der Waals surface area contributed by atoms with Crippen molar-refractivity contribution in [2.45, 2.75) is 13.0 Å². The van der Waals surface area contributed by atoms with Crippen molar-refractivity contribution in [3.8, 4) is 0 Å². The molecule has 0 saturated carbocycles. The fourth-order valence-corrected chi connectivity index (χ4v) is 3.52. The Labute approximate surface area is 153 Å². The molecule has 1 saturated heterocycles. The number of nitrogens with zero attached hydrogens (tertiary/aromatic N) is 2. The van der Waals surface area contributed by atoms with Gasteiger partial charge in [-0.25, -0.2) is 0 Å². The van der Waals surface area contributed by atoms with Crippen molar-refractivity contribution >= 4 is 28.9 Å². The molecular weight excluding hydrogens is 343 g/mol.